The molecule has 1 fully saturated rings. The molecule has 1 saturated heterocycles. The topological polar surface area (TPSA) is 20.3 Å². The largest absolute Gasteiger partial charge is 0.342 e. The highest BCUT2D eigenvalue weighted by Gasteiger charge is 2.26. The summed E-state index contributed by atoms with van der Waals surface area (Å²) >= 11 is 0. The van der Waals surface area contributed by atoms with E-state index < -0.39 is 0 Å². The van der Waals surface area contributed by atoms with Crippen molar-refractivity contribution in [1.29, 1.82) is 0 Å². The molecule has 0 aromatic heterocycles. The van der Waals surface area contributed by atoms with Gasteiger partial charge in [0.05, 0.1) is 0 Å². The van der Waals surface area contributed by atoms with Crippen molar-refractivity contribution in [1.82, 2.24) is 4.90 Å². The van der Waals surface area contributed by atoms with Crippen molar-refractivity contribution >= 4 is 5.91 Å². The fraction of sp³-hybridized carbons (Fsp3) is 0.923. The van der Waals surface area contributed by atoms with Crippen LogP contribution in [0, 0.1) is 17.8 Å². The van der Waals surface area contributed by atoms with Gasteiger partial charge in [0.25, 0.3) is 0 Å². The van der Waals surface area contributed by atoms with Crippen LogP contribution in [0.5, 0.6) is 0 Å². The van der Waals surface area contributed by atoms with E-state index in [4.69, 9.17) is 0 Å². The van der Waals surface area contributed by atoms with Gasteiger partial charge in [-0.3, -0.25) is 4.79 Å². The van der Waals surface area contributed by atoms with Crippen molar-refractivity contribution in [2.75, 3.05) is 13.1 Å². The first kappa shape index (κ1) is 12.5. The van der Waals surface area contributed by atoms with Crippen LogP contribution in [0.15, 0.2) is 0 Å². The predicted octanol–water partition coefficient (Wildman–Crippen LogP) is 2.93. The van der Waals surface area contributed by atoms with Crippen LogP contribution in [-0.2, 0) is 4.79 Å². The smallest absolute Gasteiger partial charge is 0.225 e. The van der Waals surface area contributed by atoms with Crippen LogP contribution in [0.25, 0.3) is 0 Å². The molecule has 1 heterocycles. The Kier molecular flexibility index (Phi) is 4.62. The summed E-state index contributed by atoms with van der Waals surface area (Å²) in [6, 6.07) is 0. The lowest BCUT2D eigenvalue weighted by Gasteiger charge is -2.35. The van der Waals surface area contributed by atoms with E-state index in [0.29, 0.717) is 5.91 Å². The Morgan fingerprint density at radius 1 is 1.27 bits per heavy atom. The maximum Gasteiger partial charge on any atom is 0.225 e. The first-order valence-electron chi connectivity index (χ1n) is 6.35. The Morgan fingerprint density at radius 3 is 2.20 bits per heavy atom. The van der Waals surface area contributed by atoms with Gasteiger partial charge < -0.3 is 4.90 Å². The standard InChI is InChI=1S/C13H25NO/c1-5-11(4)13(15)14-8-6-12(7-9-14)10(2)3/h10-12H,5-9H2,1-4H3/t11-/m1/s1. The van der Waals surface area contributed by atoms with Gasteiger partial charge in [0.1, 0.15) is 0 Å². The molecule has 2 nitrogen and oxygen atoms in total. The van der Waals surface area contributed by atoms with Crippen molar-refractivity contribution < 1.29 is 4.79 Å². The molecule has 0 saturated carbocycles. The molecule has 0 bridgehead atoms. The molecule has 0 aromatic rings. The summed E-state index contributed by atoms with van der Waals surface area (Å²) in [4.78, 5) is 14.0. The molecular formula is C13H25NO. The first-order valence-corrected chi connectivity index (χ1v) is 6.35. The molecule has 1 aliphatic rings. The number of piperidine rings is 1. The number of hydrogen-bond acceptors (Lipinski definition) is 1. The van der Waals surface area contributed by atoms with Gasteiger partial charge in [-0.15, -0.1) is 0 Å². The molecule has 15 heavy (non-hydrogen) atoms. The number of carbonyl (C=O) groups is 1. The van der Waals surface area contributed by atoms with Crippen LogP contribution in [0.1, 0.15) is 47.0 Å². The number of likely N-dealkylation sites (tertiary alicyclic amines) is 1. The molecule has 1 amide bonds. The van der Waals surface area contributed by atoms with Crippen LogP contribution in [0.2, 0.25) is 0 Å². The first-order chi connectivity index (χ1) is 7.06. The summed E-state index contributed by atoms with van der Waals surface area (Å²) in [6.07, 6.45) is 3.35. The van der Waals surface area contributed by atoms with Gasteiger partial charge in [-0.25, -0.2) is 0 Å². The van der Waals surface area contributed by atoms with Crippen molar-refractivity contribution in [2.45, 2.75) is 47.0 Å². The Labute approximate surface area is 94.0 Å². The van der Waals surface area contributed by atoms with Crippen LogP contribution < -0.4 is 0 Å². The van der Waals surface area contributed by atoms with Gasteiger partial charge in [-0.1, -0.05) is 27.7 Å². The van der Waals surface area contributed by atoms with Crippen LogP contribution in [-0.4, -0.2) is 23.9 Å². The monoisotopic (exact) mass is 211 g/mol. The Bertz CT molecular complexity index is 205. The maximum absolute atomic E-state index is 11.9. The third-order valence-corrected chi connectivity index (χ3v) is 3.83. The third-order valence-electron chi connectivity index (χ3n) is 3.83. The lowest BCUT2D eigenvalue weighted by molar-refractivity contribution is -0.136. The number of nitrogens with zero attached hydrogens (tertiary/aromatic N) is 1. The Morgan fingerprint density at radius 2 is 1.80 bits per heavy atom. The second-order valence-electron chi connectivity index (χ2n) is 5.22. The van der Waals surface area contributed by atoms with Gasteiger partial charge in [0.15, 0.2) is 0 Å². The Balaban J connectivity index is 2.40. The molecule has 0 unspecified atom stereocenters. The minimum Gasteiger partial charge on any atom is -0.342 e. The van der Waals surface area contributed by atoms with Crippen molar-refractivity contribution in [3.05, 3.63) is 0 Å². The molecule has 1 aliphatic heterocycles. The summed E-state index contributed by atoms with van der Waals surface area (Å²) in [5, 5.41) is 0. The summed E-state index contributed by atoms with van der Waals surface area (Å²) in [5.41, 5.74) is 0. The van der Waals surface area contributed by atoms with Crippen molar-refractivity contribution in [3.63, 3.8) is 0 Å². The average Bonchev–Trinajstić information content (AvgIpc) is 2.27. The molecule has 0 radical (unpaired) electrons. The quantitative estimate of drug-likeness (QED) is 0.703. The molecular weight excluding hydrogens is 186 g/mol. The summed E-state index contributed by atoms with van der Waals surface area (Å²) in [6.45, 7) is 10.7. The van der Waals surface area contributed by atoms with Gasteiger partial charge in [-0.05, 0) is 31.1 Å². The van der Waals surface area contributed by atoms with E-state index in [-0.39, 0.29) is 5.92 Å². The molecule has 88 valence electrons. The van der Waals surface area contributed by atoms with Crippen molar-refractivity contribution in [3.8, 4) is 0 Å². The normalized spacial score (nSPS) is 20.7. The summed E-state index contributed by atoms with van der Waals surface area (Å²) in [5.74, 6) is 2.16. The zero-order valence-corrected chi connectivity index (χ0v) is 10.6. The molecule has 0 N–H and O–H groups in total. The molecule has 0 aromatic carbocycles. The van der Waals surface area contributed by atoms with E-state index in [1.165, 1.54) is 12.8 Å². The van der Waals surface area contributed by atoms with Crippen molar-refractivity contribution in [2.24, 2.45) is 17.8 Å². The highest BCUT2D eigenvalue weighted by molar-refractivity contribution is 5.78. The van der Waals surface area contributed by atoms with Crippen LogP contribution in [0.4, 0.5) is 0 Å². The van der Waals surface area contributed by atoms with Crippen LogP contribution in [0.3, 0.4) is 0 Å². The molecule has 0 aliphatic carbocycles. The Hall–Kier alpha value is -0.530. The van der Waals surface area contributed by atoms with E-state index in [9.17, 15) is 4.79 Å². The second-order valence-corrected chi connectivity index (χ2v) is 5.22. The van der Waals surface area contributed by atoms with Gasteiger partial charge in [0, 0.05) is 19.0 Å². The number of rotatable bonds is 3. The molecule has 1 rings (SSSR count). The predicted molar refractivity (Wildman–Crippen MR) is 63.6 cm³/mol. The molecule has 2 heteroatoms. The highest BCUT2D eigenvalue weighted by Crippen LogP contribution is 2.25. The fourth-order valence-corrected chi connectivity index (χ4v) is 2.27. The second kappa shape index (κ2) is 5.53. The van der Waals surface area contributed by atoms with E-state index in [1.807, 2.05) is 6.92 Å². The van der Waals surface area contributed by atoms with E-state index in [0.717, 1.165) is 31.3 Å². The fourth-order valence-electron chi connectivity index (χ4n) is 2.27. The van der Waals surface area contributed by atoms with Gasteiger partial charge in [-0.2, -0.15) is 0 Å². The summed E-state index contributed by atoms with van der Waals surface area (Å²) < 4.78 is 0. The summed E-state index contributed by atoms with van der Waals surface area (Å²) in [7, 11) is 0. The SMILES string of the molecule is CC[C@@H](C)C(=O)N1CCC(C(C)C)CC1. The number of amides is 1. The lowest BCUT2D eigenvalue weighted by atomic mass is 9.86. The third kappa shape index (κ3) is 3.22. The zero-order valence-electron chi connectivity index (χ0n) is 10.6. The maximum atomic E-state index is 11.9. The number of carbonyl (C=O) groups excluding carboxylic acids is 1. The highest BCUT2D eigenvalue weighted by atomic mass is 16.2. The van der Waals surface area contributed by atoms with Gasteiger partial charge >= 0.3 is 0 Å². The molecule has 1 atom stereocenters. The van der Waals surface area contributed by atoms with Crippen LogP contribution >= 0.6 is 0 Å². The minimum absolute atomic E-state index is 0.209. The lowest BCUT2D eigenvalue weighted by Crippen LogP contribution is -2.41. The van der Waals surface area contributed by atoms with Gasteiger partial charge in [0.2, 0.25) is 5.91 Å². The van der Waals surface area contributed by atoms with E-state index >= 15 is 0 Å². The minimum atomic E-state index is 0.209. The van der Waals surface area contributed by atoms with E-state index in [2.05, 4.69) is 25.7 Å². The zero-order chi connectivity index (χ0) is 11.4. The molecule has 0 spiro atoms. The van der Waals surface area contributed by atoms with E-state index in [1.54, 1.807) is 0 Å². The average molecular weight is 211 g/mol. The number of hydrogen-bond donors (Lipinski definition) is 0.